The van der Waals surface area contributed by atoms with Crippen LogP contribution in [0.1, 0.15) is 57.8 Å². The highest BCUT2D eigenvalue weighted by molar-refractivity contribution is 5.85. The first kappa shape index (κ1) is 20.0. The average molecular weight is 393 g/mol. The number of aliphatic imine (C=N–C) groups is 1. The number of guanidine groups is 1. The Morgan fingerprint density at radius 1 is 1.18 bits per heavy atom. The summed E-state index contributed by atoms with van der Waals surface area (Å²) in [4.78, 5) is 18.1. The van der Waals surface area contributed by atoms with E-state index >= 15 is 0 Å². The summed E-state index contributed by atoms with van der Waals surface area (Å²) in [5.41, 5.74) is 0. The average Bonchev–Trinajstić information content (AvgIpc) is 3.40. The molecule has 1 spiro atoms. The molecule has 1 saturated heterocycles. The molecule has 3 aliphatic carbocycles. The minimum absolute atomic E-state index is 0.00986. The van der Waals surface area contributed by atoms with Gasteiger partial charge in [-0.15, -0.1) is 0 Å². The fraction of sp³-hybridized carbons (Fsp3) is 0.905. The number of likely N-dealkylation sites (N-methyl/N-ethyl adjacent to an activating group) is 1. The third kappa shape index (κ3) is 4.62. The Morgan fingerprint density at radius 3 is 2.68 bits per heavy atom. The van der Waals surface area contributed by atoms with Crippen LogP contribution in [0.25, 0.3) is 0 Å². The lowest BCUT2D eigenvalue weighted by atomic mass is 9.94. The highest BCUT2D eigenvalue weighted by Gasteiger charge is 2.42. The fourth-order valence-electron chi connectivity index (χ4n) is 5.32. The Hall–Kier alpha value is -1.34. The number of hydrogen-bond donors (Lipinski definition) is 2. The van der Waals surface area contributed by atoms with Crippen molar-refractivity contribution < 1.29 is 14.3 Å². The first-order valence-electron chi connectivity index (χ1n) is 11.1. The van der Waals surface area contributed by atoms with E-state index in [1.807, 2.05) is 0 Å². The van der Waals surface area contributed by atoms with E-state index in [1.165, 1.54) is 44.9 Å². The molecule has 1 heterocycles. The molecule has 0 aromatic rings. The van der Waals surface area contributed by atoms with Crippen LogP contribution in [-0.4, -0.2) is 68.5 Å². The molecule has 7 nitrogen and oxygen atoms in total. The summed E-state index contributed by atoms with van der Waals surface area (Å²) in [6.45, 7) is 1.45. The van der Waals surface area contributed by atoms with Gasteiger partial charge in [0.25, 0.3) is 0 Å². The van der Waals surface area contributed by atoms with Gasteiger partial charge in [-0.3, -0.25) is 4.79 Å². The zero-order valence-electron chi connectivity index (χ0n) is 17.4. The highest BCUT2D eigenvalue weighted by Crippen LogP contribution is 2.44. The molecular formula is C21H36N4O3. The number of carbonyl (C=O) groups excluding carboxylic acids is 1. The second kappa shape index (κ2) is 8.57. The number of carbonyl (C=O) groups is 1. The van der Waals surface area contributed by atoms with E-state index in [1.54, 1.807) is 19.0 Å². The van der Waals surface area contributed by atoms with Gasteiger partial charge in [0.05, 0.1) is 6.61 Å². The monoisotopic (exact) mass is 392 g/mol. The summed E-state index contributed by atoms with van der Waals surface area (Å²) in [5, 5.41) is 7.04. The van der Waals surface area contributed by atoms with Crippen LogP contribution in [0.2, 0.25) is 0 Å². The van der Waals surface area contributed by atoms with Crippen molar-refractivity contribution in [1.29, 1.82) is 0 Å². The SMILES string of the molecule is CN(C)C(=O)CN=C(NCC1COC2(CCCCC2)O1)NC1CC2CCC1C2. The van der Waals surface area contributed by atoms with Crippen molar-refractivity contribution in [3.8, 4) is 0 Å². The predicted octanol–water partition coefficient (Wildman–Crippen LogP) is 1.87. The lowest BCUT2D eigenvalue weighted by Crippen LogP contribution is -2.48. The summed E-state index contributed by atoms with van der Waals surface area (Å²) in [5.74, 6) is 2.01. The van der Waals surface area contributed by atoms with E-state index in [0.717, 1.165) is 30.6 Å². The van der Waals surface area contributed by atoms with E-state index in [2.05, 4.69) is 15.6 Å². The lowest BCUT2D eigenvalue weighted by molar-refractivity contribution is -0.186. The molecular weight excluding hydrogens is 356 g/mol. The third-order valence-electron chi connectivity index (χ3n) is 6.96. The van der Waals surface area contributed by atoms with Gasteiger partial charge in [0, 0.05) is 39.5 Å². The molecule has 7 heteroatoms. The fourth-order valence-corrected chi connectivity index (χ4v) is 5.32. The molecule has 2 N–H and O–H groups in total. The van der Waals surface area contributed by atoms with Gasteiger partial charge < -0.3 is 25.0 Å². The maximum Gasteiger partial charge on any atom is 0.243 e. The Bertz CT molecular complexity index is 588. The van der Waals surface area contributed by atoms with Crippen LogP contribution < -0.4 is 10.6 Å². The number of amides is 1. The number of nitrogens with zero attached hydrogens (tertiary/aromatic N) is 2. The van der Waals surface area contributed by atoms with Crippen LogP contribution in [0, 0.1) is 11.8 Å². The van der Waals surface area contributed by atoms with E-state index in [4.69, 9.17) is 9.47 Å². The van der Waals surface area contributed by atoms with Gasteiger partial charge in [-0.2, -0.15) is 0 Å². The Labute approximate surface area is 168 Å². The number of nitrogens with one attached hydrogen (secondary N) is 2. The van der Waals surface area contributed by atoms with E-state index in [9.17, 15) is 4.79 Å². The van der Waals surface area contributed by atoms with E-state index in [-0.39, 0.29) is 24.3 Å². The molecule has 4 fully saturated rings. The van der Waals surface area contributed by atoms with Gasteiger partial charge in [-0.1, -0.05) is 12.8 Å². The van der Waals surface area contributed by atoms with Crippen molar-refractivity contribution >= 4 is 11.9 Å². The molecule has 4 unspecified atom stereocenters. The first-order valence-corrected chi connectivity index (χ1v) is 11.1. The van der Waals surface area contributed by atoms with Crippen molar-refractivity contribution in [2.75, 3.05) is 33.8 Å². The maximum atomic E-state index is 12.0. The Morgan fingerprint density at radius 2 is 2.00 bits per heavy atom. The van der Waals surface area contributed by atoms with Crippen molar-refractivity contribution in [2.45, 2.75) is 75.7 Å². The molecule has 4 atom stereocenters. The van der Waals surface area contributed by atoms with Crippen LogP contribution >= 0.6 is 0 Å². The molecule has 2 bridgehead atoms. The van der Waals surface area contributed by atoms with Gasteiger partial charge in [0.15, 0.2) is 11.7 Å². The summed E-state index contributed by atoms with van der Waals surface area (Å²) in [6.07, 6.45) is 10.9. The Kier molecular flexibility index (Phi) is 6.11. The van der Waals surface area contributed by atoms with Gasteiger partial charge in [0.2, 0.25) is 5.91 Å². The van der Waals surface area contributed by atoms with Gasteiger partial charge in [-0.25, -0.2) is 4.99 Å². The summed E-state index contributed by atoms with van der Waals surface area (Å²) >= 11 is 0. The van der Waals surface area contributed by atoms with Gasteiger partial charge in [0.1, 0.15) is 12.6 Å². The normalized spacial score (nSPS) is 34.0. The molecule has 4 rings (SSSR count). The number of ether oxygens (including phenoxy) is 2. The lowest BCUT2D eigenvalue weighted by Gasteiger charge is -2.32. The number of hydrogen-bond acceptors (Lipinski definition) is 4. The summed E-state index contributed by atoms with van der Waals surface area (Å²) in [6, 6.07) is 0.477. The largest absolute Gasteiger partial charge is 0.354 e. The zero-order chi connectivity index (χ0) is 19.6. The number of fused-ring (bicyclic) bond motifs is 2. The minimum atomic E-state index is -0.346. The molecule has 158 valence electrons. The minimum Gasteiger partial charge on any atom is -0.354 e. The predicted molar refractivity (Wildman–Crippen MR) is 108 cm³/mol. The van der Waals surface area contributed by atoms with E-state index < -0.39 is 0 Å². The quantitative estimate of drug-likeness (QED) is 0.552. The smallest absolute Gasteiger partial charge is 0.243 e. The molecule has 0 radical (unpaired) electrons. The third-order valence-corrected chi connectivity index (χ3v) is 6.96. The molecule has 0 aromatic carbocycles. The zero-order valence-corrected chi connectivity index (χ0v) is 17.4. The van der Waals surface area contributed by atoms with E-state index in [0.29, 0.717) is 19.2 Å². The van der Waals surface area contributed by atoms with Crippen molar-refractivity contribution in [1.82, 2.24) is 15.5 Å². The van der Waals surface area contributed by atoms with Crippen LogP contribution in [0.4, 0.5) is 0 Å². The topological polar surface area (TPSA) is 75.2 Å². The highest BCUT2D eigenvalue weighted by atomic mass is 16.7. The first-order chi connectivity index (χ1) is 13.5. The van der Waals surface area contributed by atoms with Gasteiger partial charge >= 0.3 is 0 Å². The van der Waals surface area contributed by atoms with Gasteiger partial charge in [-0.05, 0) is 43.9 Å². The molecule has 1 amide bonds. The van der Waals surface area contributed by atoms with Crippen LogP contribution in [0.3, 0.4) is 0 Å². The number of rotatable bonds is 5. The summed E-state index contributed by atoms with van der Waals surface area (Å²) in [7, 11) is 3.53. The van der Waals surface area contributed by atoms with Crippen LogP contribution in [0.5, 0.6) is 0 Å². The standard InChI is InChI=1S/C21H36N4O3/c1-25(2)19(26)13-23-20(24-18-11-15-6-7-16(18)10-15)22-12-17-14-27-21(28-17)8-4-3-5-9-21/h15-18H,3-14H2,1-2H3,(H2,22,23,24). The van der Waals surface area contributed by atoms with Crippen molar-refractivity contribution in [3.63, 3.8) is 0 Å². The molecule has 28 heavy (non-hydrogen) atoms. The second-order valence-corrected chi connectivity index (χ2v) is 9.28. The maximum absolute atomic E-state index is 12.0. The summed E-state index contributed by atoms with van der Waals surface area (Å²) < 4.78 is 12.3. The second-order valence-electron chi connectivity index (χ2n) is 9.28. The molecule has 1 aliphatic heterocycles. The molecule has 3 saturated carbocycles. The van der Waals surface area contributed by atoms with Crippen LogP contribution in [0.15, 0.2) is 4.99 Å². The molecule has 0 aromatic heterocycles. The van der Waals surface area contributed by atoms with Crippen molar-refractivity contribution in [3.05, 3.63) is 0 Å². The molecule has 4 aliphatic rings. The van der Waals surface area contributed by atoms with Crippen LogP contribution in [-0.2, 0) is 14.3 Å². The van der Waals surface area contributed by atoms with Crippen molar-refractivity contribution in [2.24, 2.45) is 16.8 Å². The Balaban J connectivity index is 1.32.